The summed E-state index contributed by atoms with van der Waals surface area (Å²) in [7, 11) is 1.97. The second-order valence-electron chi connectivity index (χ2n) is 7.92. The molecule has 32 heavy (non-hydrogen) atoms. The summed E-state index contributed by atoms with van der Waals surface area (Å²) < 4.78 is 0. The molecule has 6 nitrogen and oxygen atoms in total. The predicted octanol–water partition coefficient (Wildman–Crippen LogP) is 4.94. The smallest absolute Gasteiger partial charge is 0.319 e. The first-order chi connectivity index (χ1) is 15.6. The van der Waals surface area contributed by atoms with Gasteiger partial charge in [0.2, 0.25) is 5.91 Å². The van der Waals surface area contributed by atoms with Gasteiger partial charge in [0.25, 0.3) is 0 Å². The number of likely N-dealkylation sites (tertiary alicyclic amines) is 1. The van der Waals surface area contributed by atoms with Crippen LogP contribution in [0.4, 0.5) is 21.9 Å². The van der Waals surface area contributed by atoms with E-state index >= 15 is 0 Å². The van der Waals surface area contributed by atoms with Gasteiger partial charge in [0.1, 0.15) is 0 Å². The van der Waals surface area contributed by atoms with Crippen molar-refractivity contribution in [2.24, 2.45) is 0 Å². The lowest BCUT2D eigenvalue weighted by Crippen LogP contribution is -2.40. The Morgan fingerprint density at radius 2 is 1.62 bits per heavy atom. The van der Waals surface area contributed by atoms with Crippen LogP contribution in [-0.4, -0.2) is 37.0 Å². The van der Waals surface area contributed by atoms with Crippen molar-refractivity contribution in [3.8, 4) is 0 Å². The fourth-order valence-corrected chi connectivity index (χ4v) is 4.02. The summed E-state index contributed by atoms with van der Waals surface area (Å²) in [5.74, 6) is 0.142. The van der Waals surface area contributed by atoms with Crippen LogP contribution in [0.25, 0.3) is 0 Å². The lowest BCUT2D eigenvalue weighted by molar-refractivity contribution is -0.128. The van der Waals surface area contributed by atoms with Crippen molar-refractivity contribution in [2.75, 3.05) is 30.4 Å². The number of carbonyl (C=O) groups excluding carboxylic acids is 2. The van der Waals surface area contributed by atoms with Crippen molar-refractivity contribution >= 4 is 29.0 Å². The molecule has 0 saturated carbocycles. The molecule has 2 N–H and O–H groups in total. The highest BCUT2D eigenvalue weighted by Gasteiger charge is 2.25. The molecule has 0 bridgehead atoms. The maximum atomic E-state index is 13.0. The number of hydrogen-bond acceptors (Lipinski definition) is 3. The van der Waals surface area contributed by atoms with Gasteiger partial charge in [-0.3, -0.25) is 4.79 Å². The van der Waals surface area contributed by atoms with E-state index in [1.165, 1.54) is 0 Å². The van der Waals surface area contributed by atoms with E-state index in [-0.39, 0.29) is 18.0 Å². The number of para-hydroxylation sites is 3. The number of anilines is 3. The quantitative estimate of drug-likeness (QED) is 0.560. The van der Waals surface area contributed by atoms with E-state index in [9.17, 15) is 9.59 Å². The molecular weight excluding hydrogens is 400 g/mol. The Morgan fingerprint density at radius 1 is 0.969 bits per heavy atom. The standard InChI is InChI=1S/C26H28N4O2/c1-29(21-13-6-3-7-14-21)24-16-9-8-15-22(24)27-26(32)28-23(20-11-4-2-5-12-20)19-30-18-10-17-25(30)31/h2-9,11-16,23H,10,17-19H2,1H3,(H2,27,28,32)/t23-/m1/s1. The SMILES string of the molecule is CN(c1ccccc1)c1ccccc1NC(=O)N[C@H](CN1CCCC1=O)c1ccccc1. The van der Waals surface area contributed by atoms with E-state index in [2.05, 4.69) is 10.6 Å². The molecule has 0 aliphatic carbocycles. The molecule has 6 heteroatoms. The van der Waals surface area contributed by atoms with Gasteiger partial charge in [-0.25, -0.2) is 4.79 Å². The van der Waals surface area contributed by atoms with Gasteiger partial charge in [0.15, 0.2) is 0 Å². The van der Waals surface area contributed by atoms with E-state index in [0.29, 0.717) is 18.7 Å². The summed E-state index contributed by atoms with van der Waals surface area (Å²) in [5, 5.41) is 6.08. The van der Waals surface area contributed by atoms with E-state index in [1.54, 1.807) is 0 Å². The third kappa shape index (κ3) is 5.09. The van der Waals surface area contributed by atoms with Crippen LogP contribution >= 0.6 is 0 Å². The van der Waals surface area contributed by atoms with Crippen molar-refractivity contribution in [1.82, 2.24) is 10.2 Å². The summed E-state index contributed by atoms with van der Waals surface area (Å²) in [6.07, 6.45) is 1.44. The highest BCUT2D eigenvalue weighted by molar-refractivity contribution is 5.94. The zero-order valence-electron chi connectivity index (χ0n) is 18.2. The van der Waals surface area contributed by atoms with Gasteiger partial charge in [-0.2, -0.15) is 0 Å². The molecule has 3 amide bonds. The van der Waals surface area contributed by atoms with E-state index in [4.69, 9.17) is 0 Å². The Kier molecular flexibility index (Phi) is 6.70. The van der Waals surface area contributed by atoms with Crippen LogP contribution in [0.3, 0.4) is 0 Å². The molecule has 0 spiro atoms. The number of carbonyl (C=O) groups is 2. The Labute approximate surface area is 188 Å². The van der Waals surface area contributed by atoms with Gasteiger partial charge >= 0.3 is 6.03 Å². The zero-order valence-corrected chi connectivity index (χ0v) is 18.2. The predicted molar refractivity (Wildman–Crippen MR) is 128 cm³/mol. The van der Waals surface area contributed by atoms with Crippen LogP contribution < -0.4 is 15.5 Å². The highest BCUT2D eigenvalue weighted by atomic mass is 16.2. The number of nitrogens with zero attached hydrogens (tertiary/aromatic N) is 2. The van der Waals surface area contributed by atoms with Gasteiger partial charge in [-0.15, -0.1) is 0 Å². The van der Waals surface area contributed by atoms with Gasteiger partial charge in [0, 0.05) is 32.2 Å². The van der Waals surface area contributed by atoms with Crippen molar-refractivity contribution in [1.29, 1.82) is 0 Å². The first-order valence-corrected chi connectivity index (χ1v) is 10.9. The van der Waals surface area contributed by atoms with Gasteiger partial charge in [-0.1, -0.05) is 60.7 Å². The van der Waals surface area contributed by atoms with E-state index in [0.717, 1.165) is 29.9 Å². The topological polar surface area (TPSA) is 64.7 Å². The minimum Gasteiger partial charge on any atom is -0.343 e. The fourth-order valence-electron chi connectivity index (χ4n) is 4.02. The molecule has 0 aromatic heterocycles. The molecular formula is C26H28N4O2. The van der Waals surface area contributed by atoms with Crippen molar-refractivity contribution < 1.29 is 9.59 Å². The van der Waals surface area contributed by atoms with Crippen molar-refractivity contribution in [3.05, 3.63) is 90.5 Å². The minimum atomic E-state index is -0.306. The molecule has 164 valence electrons. The third-order valence-corrected chi connectivity index (χ3v) is 5.74. The van der Waals surface area contributed by atoms with Gasteiger partial charge < -0.3 is 20.4 Å². The summed E-state index contributed by atoms with van der Waals surface area (Å²) >= 11 is 0. The Hall–Kier alpha value is -3.80. The fraction of sp³-hybridized carbons (Fsp3) is 0.231. The van der Waals surface area contributed by atoms with Gasteiger partial charge in [-0.05, 0) is 36.2 Å². The Balaban J connectivity index is 1.51. The normalized spacial score (nSPS) is 14.2. The average Bonchev–Trinajstić information content (AvgIpc) is 3.24. The number of amides is 3. The number of benzene rings is 3. The Morgan fingerprint density at radius 3 is 2.31 bits per heavy atom. The molecule has 0 unspecified atom stereocenters. The second-order valence-corrected chi connectivity index (χ2v) is 7.92. The lowest BCUT2D eigenvalue weighted by atomic mass is 10.1. The van der Waals surface area contributed by atoms with Crippen LogP contribution in [0.1, 0.15) is 24.4 Å². The molecule has 1 saturated heterocycles. The first-order valence-electron chi connectivity index (χ1n) is 10.9. The highest BCUT2D eigenvalue weighted by Crippen LogP contribution is 2.30. The van der Waals surface area contributed by atoms with Crippen LogP contribution in [0.2, 0.25) is 0 Å². The largest absolute Gasteiger partial charge is 0.343 e. The van der Waals surface area contributed by atoms with Crippen molar-refractivity contribution in [3.63, 3.8) is 0 Å². The van der Waals surface area contributed by atoms with Crippen LogP contribution in [0.15, 0.2) is 84.9 Å². The lowest BCUT2D eigenvalue weighted by Gasteiger charge is -2.26. The van der Waals surface area contributed by atoms with E-state index < -0.39 is 0 Å². The first kappa shape index (κ1) is 21.4. The van der Waals surface area contributed by atoms with E-state index in [1.807, 2.05) is 102 Å². The molecule has 1 aliphatic rings. The number of nitrogens with one attached hydrogen (secondary N) is 2. The Bertz CT molecular complexity index is 1060. The summed E-state index contributed by atoms with van der Waals surface area (Å²) in [6, 6.07) is 26.9. The summed E-state index contributed by atoms with van der Waals surface area (Å²) in [6.45, 7) is 1.19. The second kappa shape index (κ2) is 10.0. The third-order valence-electron chi connectivity index (χ3n) is 5.74. The summed E-state index contributed by atoms with van der Waals surface area (Å²) in [4.78, 5) is 29.0. The average molecular weight is 429 g/mol. The molecule has 4 rings (SSSR count). The molecule has 1 heterocycles. The van der Waals surface area contributed by atoms with Crippen LogP contribution in [0, 0.1) is 0 Å². The number of urea groups is 1. The molecule has 3 aromatic rings. The van der Waals surface area contributed by atoms with Gasteiger partial charge in [0.05, 0.1) is 17.4 Å². The zero-order chi connectivity index (χ0) is 22.3. The molecule has 3 aromatic carbocycles. The molecule has 1 atom stereocenters. The molecule has 0 radical (unpaired) electrons. The van der Waals surface area contributed by atoms with Crippen LogP contribution in [-0.2, 0) is 4.79 Å². The maximum absolute atomic E-state index is 13.0. The van der Waals surface area contributed by atoms with Crippen molar-refractivity contribution in [2.45, 2.75) is 18.9 Å². The minimum absolute atomic E-state index is 0.142. The molecule has 1 aliphatic heterocycles. The monoisotopic (exact) mass is 428 g/mol. The number of hydrogen-bond donors (Lipinski definition) is 2. The summed E-state index contributed by atoms with van der Waals surface area (Å²) in [5.41, 5.74) is 3.59. The number of rotatable bonds is 7. The maximum Gasteiger partial charge on any atom is 0.319 e. The van der Waals surface area contributed by atoms with Crippen LogP contribution in [0.5, 0.6) is 0 Å². The molecule has 1 fully saturated rings.